The molecular weight excluding hydrogens is 472 g/mol. The van der Waals surface area contributed by atoms with Crippen LogP contribution >= 0.6 is 15.9 Å². The predicted octanol–water partition coefficient (Wildman–Crippen LogP) is 4.45. The van der Waals surface area contributed by atoms with Gasteiger partial charge in [0.15, 0.2) is 0 Å². The summed E-state index contributed by atoms with van der Waals surface area (Å²) in [6.45, 7) is 5.90. The summed E-state index contributed by atoms with van der Waals surface area (Å²) in [6.07, 6.45) is 7.20. The molecule has 2 amide bonds. The van der Waals surface area contributed by atoms with E-state index in [-0.39, 0.29) is 53.3 Å². The van der Waals surface area contributed by atoms with Crippen molar-refractivity contribution in [1.82, 2.24) is 5.32 Å². The van der Waals surface area contributed by atoms with Gasteiger partial charge in [-0.3, -0.25) is 14.4 Å². The van der Waals surface area contributed by atoms with Gasteiger partial charge in [-0.15, -0.1) is 0 Å². The number of amides is 2. The van der Waals surface area contributed by atoms with Crippen molar-refractivity contribution in [2.45, 2.75) is 52.1 Å². The monoisotopic (exact) mass is 502 g/mol. The molecular formula is C25H31BrN2O4. The summed E-state index contributed by atoms with van der Waals surface area (Å²) in [6, 6.07) is 7.47. The lowest BCUT2D eigenvalue weighted by molar-refractivity contribution is -0.155. The second kappa shape index (κ2) is 8.65. The number of benzene rings is 1. The summed E-state index contributed by atoms with van der Waals surface area (Å²) in [5.74, 6) is -0.970. The van der Waals surface area contributed by atoms with E-state index in [1.165, 1.54) is 0 Å². The number of allylic oxidation sites excluding steroid dienone is 2. The van der Waals surface area contributed by atoms with E-state index in [4.69, 9.17) is 4.74 Å². The van der Waals surface area contributed by atoms with Gasteiger partial charge in [-0.1, -0.05) is 28.1 Å². The number of nitrogens with one attached hydrogen (secondary N) is 2. The van der Waals surface area contributed by atoms with Gasteiger partial charge in [0.25, 0.3) is 0 Å². The number of ether oxygens (including phenoxy) is 1. The summed E-state index contributed by atoms with van der Waals surface area (Å²) in [4.78, 5) is 38.4. The highest BCUT2D eigenvalue weighted by Gasteiger charge is 2.69. The Morgan fingerprint density at radius 1 is 1.03 bits per heavy atom. The van der Waals surface area contributed by atoms with E-state index in [2.05, 4.69) is 38.7 Å². The molecule has 6 nitrogen and oxygen atoms in total. The van der Waals surface area contributed by atoms with Crippen LogP contribution in [0, 0.1) is 29.1 Å². The molecule has 0 aliphatic heterocycles. The number of hydrogen-bond donors (Lipinski definition) is 2. The Morgan fingerprint density at radius 2 is 1.62 bits per heavy atom. The molecule has 0 heterocycles. The lowest BCUT2D eigenvalue weighted by Crippen LogP contribution is -2.42. The van der Waals surface area contributed by atoms with Crippen LogP contribution in [0.5, 0.6) is 0 Å². The molecule has 2 saturated carbocycles. The Morgan fingerprint density at radius 3 is 2.19 bits per heavy atom. The van der Waals surface area contributed by atoms with Crippen LogP contribution in [0.1, 0.15) is 46.5 Å². The first-order chi connectivity index (χ1) is 15.1. The van der Waals surface area contributed by atoms with Gasteiger partial charge in [-0.05, 0) is 81.5 Å². The van der Waals surface area contributed by atoms with Crippen LogP contribution in [0.25, 0.3) is 0 Å². The minimum Gasteiger partial charge on any atom is -0.460 e. The number of carbonyl (C=O) groups is 3. The largest absolute Gasteiger partial charge is 0.460 e. The zero-order chi connectivity index (χ0) is 23.1. The Labute approximate surface area is 197 Å². The van der Waals surface area contributed by atoms with E-state index in [0.29, 0.717) is 13.0 Å². The highest BCUT2D eigenvalue weighted by Crippen LogP contribution is 2.72. The topological polar surface area (TPSA) is 84.5 Å². The number of esters is 1. The van der Waals surface area contributed by atoms with Gasteiger partial charge in [-0.2, -0.15) is 0 Å². The highest BCUT2D eigenvalue weighted by atomic mass is 79.9. The predicted molar refractivity (Wildman–Crippen MR) is 126 cm³/mol. The van der Waals surface area contributed by atoms with E-state index in [0.717, 1.165) is 23.0 Å². The first-order valence-electron chi connectivity index (χ1n) is 11.3. The summed E-state index contributed by atoms with van der Waals surface area (Å²) in [5, 5.41) is 6.00. The molecule has 32 heavy (non-hydrogen) atoms. The summed E-state index contributed by atoms with van der Waals surface area (Å²) in [5.41, 5.74) is 0.301. The van der Waals surface area contributed by atoms with Crippen molar-refractivity contribution in [3.63, 3.8) is 0 Å². The van der Waals surface area contributed by atoms with Gasteiger partial charge < -0.3 is 15.4 Å². The summed E-state index contributed by atoms with van der Waals surface area (Å²) < 4.78 is 6.26. The zero-order valence-electron chi connectivity index (χ0n) is 18.8. The first-order valence-corrected chi connectivity index (χ1v) is 12.1. The van der Waals surface area contributed by atoms with Gasteiger partial charge in [0, 0.05) is 23.1 Å². The number of carbonyl (C=O) groups excluding carboxylic acids is 3. The number of anilines is 1. The fourth-order valence-electron chi connectivity index (χ4n) is 5.42. The molecule has 2 N–H and O–H groups in total. The third-order valence-electron chi connectivity index (χ3n) is 6.84. The van der Waals surface area contributed by atoms with Crippen LogP contribution in [-0.2, 0) is 19.1 Å². The van der Waals surface area contributed by atoms with Crippen molar-refractivity contribution in [3.8, 4) is 0 Å². The lowest BCUT2D eigenvalue weighted by atomic mass is 9.81. The van der Waals surface area contributed by atoms with Crippen LogP contribution in [0.3, 0.4) is 0 Å². The average Bonchev–Trinajstić information content (AvgIpc) is 3.38. The van der Waals surface area contributed by atoms with Crippen LogP contribution in [-0.4, -0.2) is 29.9 Å². The average molecular weight is 503 g/mol. The van der Waals surface area contributed by atoms with Crippen LogP contribution < -0.4 is 10.6 Å². The van der Waals surface area contributed by atoms with E-state index >= 15 is 0 Å². The van der Waals surface area contributed by atoms with E-state index in [9.17, 15) is 14.4 Å². The quantitative estimate of drug-likeness (QED) is 0.327. The third-order valence-corrected chi connectivity index (χ3v) is 7.36. The van der Waals surface area contributed by atoms with Crippen LogP contribution in [0.4, 0.5) is 5.69 Å². The minimum absolute atomic E-state index is 0.0836. The molecule has 3 aliphatic carbocycles. The molecule has 1 aromatic carbocycles. The van der Waals surface area contributed by atoms with Crippen molar-refractivity contribution >= 4 is 39.4 Å². The second-order valence-corrected chi connectivity index (χ2v) is 11.1. The van der Waals surface area contributed by atoms with Crippen molar-refractivity contribution in [1.29, 1.82) is 0 Å². The molecule has 172 valence electrons. The standard InChI is InChI=1S/C25H31BrN2O4/c1-24(2,3)32-19(29)5-4-14-27-22(30)20-17-10-11-18(25(17)12-13-25)21(20)23(31)28-16-8-6-15(26)7-9-16/h6-11,17-18,20-21H,4-5,12-14H2,1-3H3,(H,27,30)(H,28,31)/t17-,18+,20-,21-/m1/s1. The van der Waals surface area contributed by atoms with Crippen LogP contribution in [0.15, 0.2) is 40.9 Å². The van der Waals surface area contributed by atoms with Crippen molar-refractivity contribution < 1.29 is 19.1 Å². The fourth-order valence-corrected chi connectivity index (χ4v) is 5.69. The Bertz CT molecular complexity index is 930. The number of halogens is 1. The fraction of sp³-hybridized carbons (Fsp3) is 0.560. The molecule has 1 aromatic rings. The molecule has 4 rings (SSSR count). The Hall–Kier alpha value is -2.15. The molecule has 3 aliphatic rings. The van der Waals surface area contributed by atoms with E-state index in [1.807, 2.05) is 45.0 Å². The van der Waals surface area contributed by atoms with Crippen LogP contribution in [0.2, 0.25) is 0 Å². The molecule has 0 radical (unpaired) electrons. The maximum atomic E-state index is 13.3. The molecule has 2 fully saturated rings. The molecule has 7 heteroatoms. The molecule has 4 atom stereocenters. The van der Waals surface area contributed by atoms with Crippen molar-refractivity contribution in [3.05, 3.63) is 40.9 Å². The maximum absolute atomic E-state index is 13.3. The molecule has 2 bridgehead atoms. The second-order valence-electron chi connectivity index (χ2n) is 10.2. The number of rotatable bonds is 7. The van der Waals surface area contributed by atoms with E-state index in [1.54, 1.807) is 0 Å². The Balaban J connectivity index is 1.38. The molecule has 0 saturated heterocycles. The van der Waals surface area contributed by atoms with Crippen molar-refractivity contribution in [2.75, 3.05) is 11.9 Å². The first kappa shape index (κ1) is 23.0. The molecule has 1 spiro atoms. The van der Waals surface area contributed by atoms with Gasteiger partial charge in [0.2, 0.25) is 11.8 Å². The smallest absolute Gasteiger partial charge is 0.306 e. The summed E-state index contributed by atoms with van der Waals surface area (Å²) in [7, 11) is 0. The third kappa shape index (κ3) is 4.63. The lowest BCUT2D eigenvalue weighted by Gasteiger charge is -2.26. The van der Waals surface area contributed by atoms with E-state index < -0.39 is 5.60 Å². The van der Waals surface area contributed by atoms with Gasteiger partial charge in [0.1, 0.15) is 5.60 Å². The SMILES string of the molecule is CC(C)(C)OC(=O)CCCNC(=O)[C@H]1[C@H](C(=O)Nc2ccc(Br)cc2)[C@@H]2C=C[C@H]1C21CC1. The van der Waals surface area contributed by atoms with Gasteiger partial charge >= 0.3 is 5.97 Å². The highest BCUT2D eigenvalue weighted by molar-refractivity contribution is 9.10. The normalized spacial score (nSPS) is 26.8. The molecule has 0 unspecified atom stereocenters. The Kier molecular flexibility index (Phi) is 6.23. The molecule has 0 aromatic heterocycles. The number of hydrogen-bond acceptors (Lipinski definition) is 4. The van der Waals surface area contributed by atoms with Gasteiger partial charge in [-0.25, -0.2) is 0 Å². The minimum atomic E-state index is -0.510. The van der Waals surface area contributed by atoms with Crippen molar-refractivity contribution in [2.24, 2.45) is 29.1 Å². The van der Waals surface area contributed by atoms with Gasteiger partial charge in [0.05, 0.1) is 11.8 Å². The summed E-state index contributed by atoms with van der Waals surface area (Å²) >= 11 is 3.41. The maximum Gasteiger partial charge on any atom is 0.306 e. The zero-order valence-corrected chi connectivity index (χ0v) is 20.4.